The maximum absolute atomic E-state index is 14.1. The Morgan fingerprint density at radius 3 is 2.34 bits per heavy atom. The van der Waals surface area contributed by atoms with Crippen molar-refractivity contribution < 1.29 is 23.5 Å². The average Bonchev–Trinajstić information content (AvgIpc) is 2.66. The first kappa shape index (κ1) is 20.1. The van der Waals surface area contributed by atoms with Gasteiger partial charge in [0.15, 0.2) is 6.61 Å². The molecule has 7 nitrogen and oxygen atoms in total. The van der Waals surface area contributed by atoms with Crippen LogP contribution in [0.3, 0.4) is 0 Å². The van der Waals surface area contributed by atoms with E-state index in [0.717, 1.165) is 17.5 Å². The van der Waals surface area contributed by atoms with Crippen LogP contribution in [-0.2, 0) is 9.53 Å². The first-order valence-electron chi connectivity index (χ1n) is 8.77. The van der Waals surface area contributed by atoms with E-state index in [1.807, 2.05) is 13.8 Å². The number of nitrogens with zero attached hydrogens (tertiary/aromatic N) is 2. The Kier molecular flexibility index (Phi) is 5.63. The number of nitrogens with one attached hydrogen (secondary N) is 1. The van der Waals surface area contributed by atoms with Gasteiger partial charge in [-0.3, -0.25) is 9.59 Å². The summed E-state index contributed by atoms with van der Waals surface area (Å²) in [6.07, 6.45) is 0. The Morgan fingerprint density at radius 1 is 1.00 bits per heavy atom. The predicted octanol–water partition coefficient (Wildman–Crippen LogP) is 3.38. The van der Waals surface area contributed by atoms with Gasteiger partial charge in [-0.05, 0) is 50.2 Å². The van der Waals surface area contributed by atoms with Crippen LogP contribution in [0, 0.1) is 19.7 Å². The van der Waals surface area contributed by atoms with Crippen LogP contribution in [0.25, 0.3) is 11.0 Å². The summed E-state index contributed by atoms with van der Waals surface area (Å²) in [5.41, 5.74) is 2.93. The van der Waals surface area contributed by atoms with E-state index in [9.17, 15) is 18.8 Å². The van der Waals surface area contributed by atoms with Crippen molar-refractivity contribution in [1.29, 1.82) is 0 Å². The predicted molar refractivity (Wildman–Crippen MR) is 104 cm³/mol. The SMILES string of the molecule is CC(=O)Nc1ccc(C(=O)COC(=O)c2ccc3nc(C)c(C)nc3c2)c(F)c1. The zero-order valence-electron chi connectivity index (χ0n) is 16.1. The molecule has 8 heteroatoms. The van der Waals surface area contributed by atoms with Crippen LogP contribution < -0.4 is 5.32 Å². The van der Waals surface area contributed by atoms with Gasteiger partial charge in [0.25, 0.3) is 0 Å². The molecule has 0 aliphatic rings. The second kappa shape index (κ2) is 8.14. The topological polar surface area (TPSA) is 98.2 Å². The Hall–Kier alpha value is -3.68. The third kappa shape index (κ3) is 4.60. The van der Waals surface area contributed by atoms with Crippen molar-refractivity contribution in [3.63, 3.8) is 0 Å². The standard InChI is InChI=1S/C21H18FN3O4/c1-11-12(2)24-19-8-14(4-7-18(19)23-11)21(28)29-10-20(27)16-6-5-15(9-17(16)22)25-13(3)26/h4-9H,10H2,1-3H3,(H,25,26). The van der Waals surface area contributed by atoms with Crippen LogP contribution in [0.1, 0.15) is 39.0 Å². The number of benzene rings is 2. The van der Waals surface area contributed by atoms with Crippen molar-refractivity contribution >= 4 is 34.4 Å². The van der Waals surface area contributed by atoms with Crippen molar-refractivity contribution in [2.24, 2.45) is 0 Å². The minimum Gasteiger partial charge on any atom is -0.454 e. The smallest absolute Gasteiger partial charge is 0.338 e. The molecule has 148 valence electrons. The van der Waals surface area contributed by atoms with Crippen LogP contribution in [0.15, 0.2) is 36.4 Å². The van der Waals surface area contributed by atoms with E-state index in [0.29, 0.717) is 11.0 Å². The molecular weight excluding hydrogens is 377 g/mol. The van der Waals surface area contributed by atoms with Gasteiger partial charge in [0, 0.05) is 12.6 Å². The number of halogens is 1. The third-order valence-corrected chi connectivity index (χ3v) is 4.24. The monoisotopic (exact) mass is 395 g/mol. The van der Waals surface area contributed by atoms with Gasteiger partial charge in [-0.2, -0.15) is 0 Å². The van der Waals surface area contributed by atoms with E-state index < -0.39 is 24.2 Å². The van der Waals surface area contributed by atoms with Gasteiger partial charge < -0.3 is 10.1 Å². The van der Waals surface area contributed by atoms with Crippen molar-refractivity contribution in [2.75, 3.05) is 11.9 Å². The molecule has 0 atom stereocenters. The number of aromatic nitrogens is 2. The van der Waals surface area contributed by atoms with Gasteiger partial charge in [0.05, 0.1) is 33.5 Å². The first-order chi connectivity index (χ1) is 13.7. The number of esters is 1. The van der Waals surface area contributed by atoms with Crippen LogP contribution >= 0.6 is 0 Å². The lowest BCUT2D eigenvalue weighted by Gasteiger charge is -2.08. The molecule has 0 bridgehead atoms. The van der Waals surface area contributed by atoms with Crippen LogP contribution in [0.4, 0.5) is 10.1 Å². The summed E-state index contributed by atoms with van der Waals surface area (Å²) in [5.74, 6) is -2.60. The first-order valence-corrected chi connectivity index (χ1v) is 8.77. The van der Waals surface area contributed by atoms with Gasteiger partial charge in [0.1, 0.15) is 5.82 Å². The lowest BCUT2D eigenvalue weighted by Crippen LogP contribution is -2.16. The van der Waals surface area contributed by atoms with Gasteiger partial charge in [-0.15, -0.1) is 0 Å². The quantitative estimate of drug-likeness (QED) is 0.525. The molecule has 0 saturated carbocycles. The molecule has 0 aliphatic heterocycles. The number of carbonyl (C=O) groups is 3. The Balaban J connectivity index is 1.70. The summed E-state index contributed by atoms with van der Waals surface area (Å²) >= 11 is 0. The summed E-state index contributed by atoms with van der Waals surface area (Å²) in [7, 11) is 0. The van der Waals surface area contributed by atoms with E-state index in [-0.39, 0.29) is 22.7 Å². The molecule has 1 heterocycles. The van der Waals surface area contributed by atoms with Crippen LogP contribution in [-0.4, -0.2) is 34.2 Å². The minimum atomic E-state index is -0.816. The maximum atomic E-state index is 14.1. The highest BCUT2D eigenvalue weighted by molar-refractivity contribution is 6.00. The summed E-state index contributed by atoms with van der Waals surface area (Å²) in [5, 5.41) is 2.42. The highest BCUT2D eigenvalue weighted by Crippen LogP contribution is 2.17. The van der Waals surface area contributed by atoms with Gasteiger partial charge in [-0.25, -0.2) is 19.2 Å². The number of fused-ring (bicyclic) bond motifs is 1. The minimum absolute atomic E-state index is 0.212. The largest absolute Gasteiger partial charge is 0.454 e. The highest BCUT2D eigenvalue weighted by Gasteiger charge is 2.16. The van der Waals surface area contributed by atoms with Crippen molar-refractivity contribution in [3.8, 4) is 0 Å². The molecule has 0 spiro atoms. The highest BCUT2D eigenvalue weighted by atomic mass is 19.1. The van der Waals surface area contributed by atoms with E-state index in [2.05, 4.69) is 15.3 Å². The number of anilines is 1. The number of aryl methyl sites for hydroxylation is 2. The second-order valence-electron chi connectivity index (χ2n) is 6.47. The molecule has 0 aliphatic carbocycles. The Bertz CT molecular complexity index is 1140. The van der Waals surface area contributed by atoms with E-state index in [1.165, 1.54) is 31.2 Å². The van der Waals surface area contributed by atoms with Crippen molar-refractivity contribution in [3.05, 3.63) is 64.7 Å². The molecule has 0 saturated heterocycles. The number of rotatable bonds is 5. The van der Waals surface area contributed by atoms with E-state index >= 15 is 0 Å². The zero-order chi connectivity index (χ0) is 21.1. The molecule has 1 aromatic heterocycles. The number of ether oxygens (including phenoxy) is 1. The normalized spacial score (nSPS) is 10.6. The average molecular weight is 395 g/mol. The molecular formula is C21H18FN3O4. The molecule has 1 amide bonds. The summed E-state index contributed by atoms with van der Waals surface area (Å²) < 4.78 is 19.1. The third-order valence-electron chi connectivity index (χ3n) is 4.24. The van der Waals surface area contributed by atoms with Crippen molar-refractivity contribution in [1.82, 2.24) is 9.97 Å². The molecule has 3 rings (SSSR count). The molecule has 29 heavy (non-hydrogen) atoms. The number of carbonyl (C=O) groups excluding carboxylic acids is 3. The van der Waals surface area contributed by atoms with E-state index in [1.54, 1.807) is 6.07 Å². The number of Topliss-reactive ketones (excluding diaryl/α,β-unsaturated/α-hetero) is 1. The lowest BCUT2D eigenvalue weighted by atomic mass is 10.1. The van der Waals surface area contributed by atoms with E-state index in [4.69, 9.17) is 4.74 Å². The fourth-order valence-electron chi connectivity index (χ4n) is 2.67. The fourth-order valence-corrected chi connectivity index (χ4v) is 2.67. The molecule has 1 N–H and O–H groups in total. The van der Waals surface area contributed by atoms with Gasteiger partial charge in [0.2, 0.25) is 11.7 Å². The maximum Gasteiger partial charge on any atom is 0.338 e. The van der Waals surface area contributed by atoms with Crippen LogP contribution in [0.2, 0.25) is 0 Å². The van der Waals surface area contributed by atoms with Crippen LogP contribution in [0.5, 0.6) is 0 Å². The fraction of sp³-hybridized carbons (Fsp3) is 0.190. The molecule has 2 aromatic carbocycles. The molecule has 3 aromatic rings. The van der Waals surface area contributed by atoms with Crippen molar-refractivity contribution in [2.45, 2.75) is 20.8 Å². The van der Waals surface area contributed by atoms with Gasteiger partial charge >= 0.3 is 5.97 Å². The zero-order valence-corrected chi connectivity index (χ0v) is 16.1. The summed E-state index contributed by atoms with van der Waals surface area (Å²) in [6.45, 7) is 4.33. The lowest BCUT2D eigenvalue weighted by molar-refractivity contribution is -0.114. The molecule has 0 fully saturated rings. The summed E-state index contributed by atoms with van der Waals surface area (Å²) in [6, 6.07) is 8.36. The molecule has 0 radical (unpaired) electrons. The Labute approximate surface area is 165 Å². The number of ketones is 1. The summed E-state index contributed by atoms with van der Waals surface area (Å²) in [4.78, 5) is 44.3. The number of amides is 1. The Morgan fingerprint density at radius 2 is 1.69 bits per heavy atom. The number of hydrogen-bond acceptors (Lipinski definition) is 6. The van der Waals surface area contributed by atoms with Gasteiger partial charge in [-0.1, -0.05) is 0 Å². The number of hydrogen-bond donors (Lipinski definition) is 1. The molecule has 0 unspecified atom stereocenters. The second-order valence-corrected chi connectivity index (χ2v) is 6.47.